The topological polar surface area (TPSA) is 54.6 Å². The lowest BCUT2D eigenvalue weighted by Crippen LogP contribution is -2.14. The van der Waals surface area contributed by atoms with E-state index < -0.39 is 17.8 Å². The van der Waals surface area contributed by atoms with Crippen LogP contribution in [0.3, 0.4) is 0 Å². The highest BCUT2D eigenvalue weighted by atomic mass is 19.4. The molecular formula is C24H20F3NO3. The zero-order valence-corrected chi connectivity index (χ0v) is 16.4. The van der Waals surface area contributed by atoms with Gasteiger partial charge in [-0.15, -0.1) is 0 Å². The molecule has 0 aliphatic rings. The third-order valence-corrected chi connectivity index (χ3v) is 4.99. The first-order valence-corrected chi connectivity index (χ1v) is 9.68. The van der Waals surface area contributed by atoms with Crippen molar-refractivity contribution >= 4 is 10.9 Å². The van der Waals surface area contributed by atoms with E-state index in [1.165, 1.54) is 12.1 Å². The molecule has 3 aromatic carbocycles. The summed E-state index contributed by atoms with van der Waals surface area (Å²) in [6.45, 7) is -0.310. The van der Waals surface area contributed by atoms with Gasteiger partial charge in [0.1, 0.15) is 11.5 Å². The molecule has 160 valence electrons. The SMILES string of the molecule is OC[C@@H](O)Cc1cn(-c2ccc(Oc3ccc(C(F)(F)F)cc3)cc2)c2ccccc12. The van der Waals surface area contributed by atoms with Crippen LogP contribution >= 0.6 is 0 Å². The number of hydrogen-bond acceptors (Lipinski definition) is 3. The van der Waals surface area contributed by atoms with Gasteiger partial charge < -0.3 is 19.5 Å². The largest absolute Gasteiger partial charge is 0.457 e. The van der Waals surface area contributed by atoms with Crippen LogP contribution in [-0.4, -0.2) is 27.5 Å². The fraction of sp³-hybridized carbons (Fsp3) is 0.167. The van der Waals surface area contributed by atoms with Crippen molar-refractivity contribution in [2.24, 2.45) is 0 Å². The van der Waals surface area contributed by atoms with Crippen molar-refractivity contribution in [2.45, 2.75) is 18.7 Å². The van der Waals surface area contributed by atoms with Gasteiger partial charge in [0.05, 0.1) is 23.8 Å². The lowest BCUT2D eigenvalue weighted by molar-refractivity contribution is -0.137. The van der Waals surface area contributed by atoms with Crippen LogP contribution in [0.4, 0.5) is 13.2 Å². The first-order chi connectivity index (χ1) is 14.8. The highest BCUT2D eigenvalue weighted by molar-refractivity contribution is 5.85. The minimum atomic E-state index is -4.38. The normalized spacial score (nSPS) is 12.8. The number of benzene rings is 3. The lowest BCUT2D eigenvalue weighted by atomic mass is 10.1. The summed E-state index contributed by atoms with van der Waals surface area (Å²) in [7, 11) is 0. The zero-order chi connectivity index (χ0) is 22.0. The van der Waals surface area contributed by atoms with E-state index in [0.29, 0.717) is 17.9 Å². The third kappa shape index (κ3) is 4.57. The first-order valence-electron chi connectivity index (χ1n) is 9.68. The van der Waals surface area contributed by atoms with Crippen molar-refractivity contribution in [3.8, 4) is 17.2 Å². The van der Waals surface area contributed by atoms with Gasteiger partial charge in [0.2, 0.25) is 0 Å². The zero-order valence-electron chi connectivity index (χ0n) is 16.4. The molecule has 0 aliphatic heterocycles. The van der Waals surface area contributed by atoms with Gasteiger partial charge in [-0.1, -0.05) is 18.2 Å². The molecule has 0 fully saturated rings. The summed E-state index contributed by atoms with van der Waals surface area (Å²) in [5.74, 6) is 0.809. The molecule has 4 nitrogen and oxygen atoms in total. The van der Waals surface area contributed by atoms with E-state index >= 15 is 0 Å². The molecule has 31 heavy (non-hydrogen) atoms. The molecule has 0 unspecified atom stereocenters. The molecule has 0 saturated carbocycles. The predicted molar refractivity (Wildman–Crippen MR) is 112 cm³/mol. The van der Waals surface area contributed by atoms with Crippen LogP contribution in [0.5, 0.6) is 11.5 Å². The summed E-state index contributed by atoms with van der Waals surface area (Å²) in [4.78, 5) is 0. The van der Waals surface area contributed by atoms with E-state index in [2.05, 4.69) is 0 Å². The first kappa shape index (κ1) is 21.0. The molecule has 1 aromatic heterocycles. The monoisotopic (exact) mass is 427 g/mol. The molecule has 0 radical (unpaired) electrons. The summed E-state index contributed by atoms with van der Waals surface area (Å²) in [6.07, 6.45) is -2.96. The molecule has 7 heteroatoms. The molecule has 0 spiro atoms. The summed E-state index contributed by atoms with van der Waals surface area (Å²) in [5.41, 5.74) is 2.01. The second-order valence-corrected chi connectivity index (χ2v) is 7.20. The van der Waals surface area contributed by atoms with E-state index in [-0.39, 0.29) is 6.61 Å². The molecule has 4 rings (SSSR count). The molecule has 4 aromatic rings. The number of fused-ring (bicyclic) bond motifs is 1. The van der Waals surface area contributed by atoms with E-state index in [4.69, 9.17) is 4.74 Å². The average molecular weight is 427 g/mol. The molecule has 2 N–H and O–H groups in total. The quantitative estimate of drug-likeness (QED) is 0.437. The van der Waals surface area contributed by atoms with E-state index in [0.717, 1.165) is 34.3 Å². The van der Waals surface area contributed by atoms with Crippen molar-refractivity contribution in [3.05, 3.63) is 90.1 Å². The Hall–Kier alpha value is -3.29. The number of hydrogen-bond donors (Lipinski definition) is 2. The van der Waals surface area contributed by atoms with Crippen LogP contribution < -0.4 is 4.74 Å². The van der Waals surface area contributed by atoms with Gasteiger partial charge in [-0.2, -0.15) is 13.2 Å². The fourth-order valence-electron chi connectivity index (χ4n) is 3.47. The second kappa shape index (κ2) is 8.45. The van der Waals surface area contributed by atoms with Crippen LogP contribution in [0.2, 0.25) is 0 Å². The average Bonchev–Trinajstić information content (AvgIpc) is 3.12. The van der Waals surface area contributed by atoms with Gasteiger partial charge >= 0.3 is 6.18 Å². The smallest absolute Gasteiger partial charge is 0.416 e. The summed E-state index contributed by atoms with van der Waals surface area (Å²) >= 11 is 0. The maximum absolute atomic E-state index is 12.7. The number of nitrogens with zero attached hydrogens (tertiary/aromatic N) is 1. The Morgan fingerprint density at radius 1 is 0.871 bits per heavy atom. The predicted octanol–water partition coefficient (Wildman–Crippen LogP) is 5.34. The third-order valence-electron chi connectivity index (χ3n) is 4.99. The maximum atomic E-state index is 12.7. The second-order valence-electron chi connectivity index (χ2n) is 7.20. The Kier molecular flexibility index (Phi) is 5.71. The number of aromatic nitrogens is 1. The van der Waals surface area contributed by atoms with E-state index in [1.54, 1.807) is 12.1 Å². The molecule has 0 amide bonds. The molecule has 1 heterocycles. The Balaban J connectivity index is 1.58. The van der Waals surface area contributed by atoms with E-state index in [1.807, 2.05) is 47.2 Å². The van der Waals surface area contributed by atoms with E-state index in [9.17, 15) is 23.4 Å². The number of aliphatic hydroxyl groups excluding tert-OH is 2. The molecule has 0 bridgehead atoms. The fourth-order valence-corrected chi connectivity index (χ4v) is 3.47. The maximum Gasteiger partial charge on any atom is 0.416 e. The lowest BCUT2D eigenvalue weighted by Gasteiger charge is -2.10. The van der Waals surface area contributed by atoms with Gasteiger partial charge in [0.25, 0.3) is 0 Å². The van der Waals surface area contributed by atoms with Crippen molar-refractivity contribution in [1.29, 1.82) is 0 Å². The Morgan fingerprint density at radius 2 is 1.48 bits per heavy atom. The number of alkyl halides is 3. The Labute approximate surface area is 176 Å². The van der Waals surface area contributed by atoms with Gasteiger partial charge in [0.15, 0.2) is 0 Å². The minimum absolute atomic E-state index is 0.310. The van der Waals surface area contributed by atoms with Crippen LogP contribution in [0.25, 0.3) is 16.6 Å². The number of aliphatic hydroxyl groups is 2. The highest BCUT2D eigenvalue weighted by Gasteiger charge is 2.30. The molecule has 0 aliphatic carbocycles. The highest BCUT2D eigenvalue weighted by Crippen LogP contribution is 2.32. The van der Waals surface area contributed by atoms with Gasteiger partial charge in [-0.25, -0.2) is 0 Å². The van der Waals surface area contributed by atoms with Gasteiger partial charge in [-0.3, -0.25) is 0 Å². The van der Waals surface area contributed by atoms with Crippen LogP contribution in [0.15, 0.2) is 79.0 Å². The molecule has 1 atom stereocenters. The van der Waals surface area contributed by atoms with Gasteiger partial charge in [-0.05, 0) is 60.2 Å². The van der Waals surface area contributed by atoms with Crippen molar-refractivity contribution in [1.82, 2.24) is 4.57 Å². The summed E-state index contributed by atoms with van der Waals surface area (Å²) < 4.78 is 45.7. The Morgan fingerprint density at radius 3 is 2.10 bits per heavy atom. The van der Waals surface area contributed by atoms with Crippen molar-refractivity contribution < 1.29 is 28.1 Å². The van der Waals surface area contributed by atoms with Crippen molar-refractivity contribution in [3.63, 3.8) is 0 Å². The number of rotatable bonds is 6. The minimum Gasteiger partial charge on any atom is -0.457 e. The number of ether oxygens (including phenoxy) is 1. The number of para-hydroxylation sites is 1. The molecule has 0 saturated heterocycles. The van der Waals surface area contributed by atoms with Crippen molar-refractivity contribution in [2.75, 3.05) is 6.61 Å². The summed E-state index contributed by atoms with van der Waals surface area (Å²) in [6, 6.07) is 19.5. The van der Waals surface area contributed by atoms with Crippen LogP contribution in [0, 0.1) is 0 Å². The van der Waals surface area contributed by atoms with Crippen LogP contribution in [0.1, 0.15) is 11.1 Å². The van der Waals surface area contributed by atoms with Crippen LogP contribution in [-0.2, 0) is 12.6 Å². The number of halogens is 3. The molecular weight excluding hydrogens is 407 g/mol. The Bertz CT molecular complexity index is 1170. The standard InChI is InChI=1S/C24H20F3NO3/c25-24(26,27)17-5-9-20(10-6-17)31-21-11-7-18(8-12-21)28-14-16(13-19(30)15-29)22-3-1-2-4-23(22)28/h1-12,14,19,29-30H,13,15H2/t19-/m0/s1. The van der Waals surface area contributed by atoms with Gasteiger partial charge in [0, 0.05) is 23.7 Å². The summed E-state index contributed by atoms with van der Waals surface area (Å²) in [5, 5.41) is 20.0.